The predicted molar refractivity (Wildman–Crippen MR) is 99.1 cm³/mol. The van der Waals surface area contributed by atoms with Crippen molar-refractivity contribution in [3.63, 3.8) is 0 Å². The molecule has 0 saturated heterocycles. The molecule has 0 saturated carbocycles. The van der Waals surface area contributed by atoms with Gasteiger partial charge in [0.1, 0.15) is 6.79 Å². The summed E-state index contributed by atoms with van der Waals surface area (Å²) in [4.78, 5) is 0. The molecule has 126 valence electrons. The van der Waals surface area contributed by atoms with E-state index in [0.29, 0.717) is 6.79 Å². The van der Waals surface area contributed by atoms with Crippen LogP contribution in [0.1, 0.15) is 34.1 Å². The number of benzene rings is 2. The third-order valence-electron chi connectivity index (χ3n) is 1.57. The smallest absolute Gasteiger partial charge is 0.145 e. The molecule has 0 N–H and O–H groups in total. The highest BCUT2D eigenvalue weighted by atomic mass is 16.6. The van der Waals surface area contributed by atoms with Crippen LogP contribution in [0.3, 0.4) is 0 Å². The summed E-state index contributed by atoms with van der Waals surface area (Å²) in [6, 6.07) is 24.0. The fourth-order valence-corrected chi connectivity index (χ4v) is 0.888. The lowest BCUT2D eigenvalue weighted by molar-refractivity contribution is -0.00271. The largest absolute Gasteiger partial charge is 0.359 e. The minimum atomic E-state index is 0.389. The second kappa shape index (κ2) is 31.6. The molecule has 0 unspecified atom stereocenters. The van der Waals surface area contributed by atoms with Gasteiger partial charge in [0, 0.05) is 14.2 Å². The summed E-state index contributed by atoms with van der Waals surface area (Å²) in [7, 11) is 3.17. The molecule has 0 amide bonds. The van der Waals surface area contributed by atoms with Crippen LogP contribution in [0.15, 0.2) is 72.8 Å². The first-order valence-corrected chi connectivity index (χ1v) is 7.81. The molecule has 22 heavy (non-hydrogen) atoms. The highest BCUT2D eigenvalue weighted by molar-refractivity contribution is 4.99. The van der Waals surface area contributed by atoms with Crippen molar-refractivity contribution in [1.29, 1.82) is 0 Å². The molecule has 2 heteroatoms. The number of hydrogen-bond acceptors (Lipinski definition) is 2. The summed E-state index contributed by atoms with van der Waals surface area (Å²) in [6.45, 7) is 8.64. The predicted octanol–water partition coefficient (Wildman–Crippen LogP) is 6.05. The summed E-state index contributed by atoms with van der Waals surface area (Å²) in [5, 5.41) is 0. The van der Waals surface area contributed by atoms with E-state index < -0.39 is 0 Å². The molecule has 0 heterocycles. The van der Waals surface area contributed by atoms with E-state index in [9.17, 15) is 0 Å². The Morgan fingerprint density at radius 1 is 0.500 bits per heavy atom. The Bertz CT molecular complexity index is 235. The number of ether oxygens (including phenoxy) is 2. The molecular weight excluding hydrogens is 272 g/mol. The number of methoxy groups -OCH3 is 2. The van der Waals surface area contributed by atoms with Crippen molar-refractivity contribution < 1.29 is 9.47 Å². The van der Waals surface area contributed by atoms with Crippen LogP contribution < -0.4 is 0 Å². The van der Waals surface area contributed by atoms with Crippen LogP contribution in [0.4, 0.5) is 0 Å². The van der Waals surface area contributed by atoms with E-state index in [4.69, 9.17) is 0 Å². The second-order valence-corrected chi connectivity index (χ2v) is 3.71. The van der Waals surface area contributed by atoms with E-state index in [-0.39, 0.29) is 0 Å². The zero-order chi connectivity index (χ0) is 17.3. The molecule has 0 aliphatic carbocycles. The van der Waals surface area contributed by atoms with E-state index in [1.165, 1.54) is 6.42 Å². The first-order valence-electron chi connectivity index (χ1n) is 7.81. The van der Waals surface area contributed by atoms with E-state index >= 15 is 0 Å². The monoisotopic (exact) mass is 306 g/mol. The fraction of sp³-hybridized carbons (Fsp3) is 0.400. The second-order valence-electron chi connectivity index (χ2n) is 3.71. The molecule has 0 aliphatic rings. The third kappa shape index (κ3) is 36.2. The molecule has 2 nitrogen and oxygen atoms in total. The van der Waals surface area contributed by atoms with Gasteiger partial charge in [0.25, 0.3) is 0 Å². The first-order chi connectivity index (χ1) is 10.8. The Morgan fingerprint density at radius 2 is 0.636 bits per heavy atom. The molecule has 0 atom stereocenters. The summed E-state index contributed by atoms with van der Waals surface area (Å²) in [6.07, 6.45) is 1.25. The summed E-state index contributed by atoms with van der Waals surface area (Å²) in [5.41, 5.74) is 0. The van der Waals surface area contributed by atoms with Crippen molar-refractivity contribution in [3.8, 4) is 0 Å². The van der Waals surface area contributed by atoms with Gasteiger partial charge in [0.2, 0.25) is 0 Å². The Balaban J connectivity index is -0.000000217. The lowest BCUT2D eigenvalue weighted by atomic mass is 10.4. The van der Waals surface area contributed by atoms with E-state index in [1.807, 2.05) is 86.6 Å². The number of rotatable bonds is 2. The van der Waals surface area contributed by atoms with Crippen LogP contribution in [0, 0.1) is 0 Å². The summed E-state index contributed by atoms with van der Waals surface area (Å²) < 4.78 is 8.94. The number of hydrogen-bond donors (Lipinski definition) is 0. The average Bonchev–Trinajstić information content (AvgIpc) is 2.62. The third-order valence-corrected chi connectivity index (χ3v) is 1.57. The zero-order valence-corrected chi connectivity index (χ0v) is 15.2. The standard InChI is InChI=1S/2C6H6.C3H8O2.C3H8.C2H6/c2*1-2-4-6-5-3-1;1-4-3-5-2;1-3-2;1-2/h2*1-6H;3H2,1-2H3;3H2,1-2H3;1-2H3. The molecule has 0 aliphatic heterocycles. The maximum Gasteiger partial charge on any atom is 0.145 e. The zero-order valence-electron chi connectivity index (χ0n) is 15.2. The Hall–Kier alpha value is -1.64. The SMILES string of the molecule is CC.CCC.COCOC.c1ccccc1.c1ccccc1. The van der Waals surface area contributed by atoms with E-state index in [0.717, 1.165) is 0 Å². The van der Waals surface area contributed by atoms with Crippen LogP contribution in [0.25, 0.3) is 0 Å². The molecular formula is C20H34O2. The topological polar surface area (TPSA) is 18.5 Å². The highest BCUT2D eigenvalue weighted by Crippen LogP contribution is 1.80. The van der Waals surface area contributed by atoms with Crippen LogP contribution in [0.2, 0.25) is 0 Å². The normalized spacial score (nSPS) is 7.36. The van der Waals surface area contributed by atoms with Crippen molar-refractivity contribution >= 4 is 0 Å². The maximum atomic E-state index is 4.47. The lowest BCUT2D eigenvalue weighted by Gasteiger charge is -1.87. The highest BCUT2D eigenvalue weighted by Gasteiger charge is 1.63. The molecule has 0 bridgehead atoms. The van der Waals surface area contributed by atoms with Crippen molar-refractivity contribution in [3.05, 3.63) is 72.8 Å². The summed E-state index contributed by atoms with van der Waals surface area (Å²) >= 11 is 0. The summed E-state index contributed by atoms with van der Waals surface area (Å²) in [5.74, 6) is 0. The minimum absolute atomic E-state index is 0.389. The van der Waals surface area contributed by atoms with Gasteiger partial charge in [-0.1, -0.05) is 107 Å². The molecule has 0 radical (unpaired) electrons. The van der Waals surface area contributed by atoms with E-state index in [1.54, 1.807) is 14.2 Å². The van der Waals surface area contributed by atoms with Crippen molar-refractivity contribution in [2.45, 2.75) is 34.1 Å². The van der Waals surface area contributed by atoms with Gasteiger partial charge < -0.3 is 9.47 Å². The molecule has 0 aromatic heterocycles. The van der Waals surface area contributed by atoms with E-state index in [2.05, 4.69) is 23.3 Å². The fourth-order valence-electron chi connectivity index (χ4n) is 0.888. The lowest BCUT2D eigenvalue weighted by Crippen LogP contribution is -1.87. The van der Waals surface area contributed by atoms with Gasteiger partial charge in [-0.2, -0.15) is 0 Å². The molecule has 2 rings (SSSR count). The van der Waals surface area contributed by atoms with Gasteiger partial charge in [-0.3, -0.25) is 0 Å². The van der Waals surface area contributed by atoms with Gasteiger partial charge in [-0.15, -0.1) is 0 Å². The van der Waals surface area contributed by atoms with Crippen LogP contribution >= 0.6 is 0 Å². The van der Waals surface area contributed by atoms with Crippen LogP contribution in [0.5, 0.6) is 0 Å². The van der Waals surface area contributed by atoms with Gasteiger partial charge in [0.05, 0.1) is 0 Å². The van der Waals surface area contributed by atoms with Crippen LogP contribution in [-0.2, 0) is 9.47 Å². The minimum Gasteiger partial charge on any atom is -0.359 e. The van der Waals surface area contributed by atoms with Crippen molar-refractivity contribution in [2.24, 2.45) is 0 Å². The van der Waals surface area contributed by atoms with Gasteiger partial charge in [0.15, 0.2) is 0 Å². The molecule has 2 aromatic carbocycles. The first kappa shape index (κ1) is 25.3. The maximum absolute atomic E-state index is 4.47. The van der Waals surface area contributed by atoms with Crippen LogP contribution in [-0.4, -0.2) is 21.0 Å². The van der Waals surface area contributed by atoms with Crippen molar-refractivity contribution in [1.82, 2.24) is 0 Å². The Labute approximate surface area is 138 Å². The molecule has 2 aromatic rings. The quantitative estimate of drug-likeness (QED) is 0.628. The molecule has 0 fully saturated rings. The Kier molecular flexibility index (Phi) is 36.4. The Morgan fingerprint density at radius 3 is 0.682 bits per heavy atom. The van der Waals surface area contributed by atoms with Gasteiger partial charge in [-0.25, -0.2) is 0 Å². The molecule has 0 spiro atoms. The van der Waals surface area contributed by atoms with Gasteiger partial charge >= 0.3 is 0 Å². The van der Waals surface area contributed by atoms with Crippen molar-refractivity contribution in [2.75, 3.05) is 21.0 Å². The van der Waals surface area contributed by atoms with Gasteiger partial charge in [-0.05, 0) is 0 Å². The average molecular weight is 306 g/mol.